The second kappa shape index (κ2) is 6.92. The van der Waals surface area contributed by atoms with E-state index in [2.05, 4.69) is 32.8 Å². The van der Waals surface area contributed by atoms with Crippen LogP contribution in [0.3, 0.4) is 0 Å². The average molecular weight is 467 g/mol. The number of para-hydroxylation sites is 1. The van der Waals surface area contributed by atoms with Gasteiger partial charge in [0.05, 0.1) is 24.1 Å². The molecule has 0 spiro atoms. The van der Waals surface area contributed by atoms with Gasteiger partial charge in [0, 0.05) is 4.43 Å². The quantitative estimate of drug-likeness (QED) is 0.382. The van der Waals surface area contributed by atoms with Crippen molar-refractivity contribution < 1.29 is 14.3 Å². The lowest BCUT2D eigenvalue weighted by Crippen LogP contribution is -2.57. The molecule has 2 saturated heterocycles. The zero-order chi connectivity index (χ0) is 18.2. The highest BCUT2D eigenvalue weighted by atomic mass is 127. The van der Waals surface area contributed by atoms with Crippen LogP contribution in [-0.2, 0) is 14.3 Å². The van der Waals surface area contributed by atoms with E-state index < -0.39 is 11.5 Å². The largest absolute Gasteiger partial charge is 0.465 e. The maximum atomic E-state index is 12.9. The molecular formula is C19H22IN3O3. The Morgan fingerprint density at radius 3 is 2.69 bits per heavy atom. The first kappa shape index (κ1) is 17.9. The lowest BCUT2D eigenvalue weighted by atomic mass is 9.62. The molecule has 2 aromatic rings. The number of rotatable bonds is 5. The van der Waals surface area contributed by atoms with E-state index in [4.69, 9.17) is 9.47 Å². The van der Waals surface area contributed by atoms with Crippen LogP contribution in [0.25, 0.3) is 5.69 Å². The molecule has 1 saturated carbocycles. The Balaban J connectivity index is 1.70. The summed E-state index contributed by atoms with van der Waals surface area (Å²) in [5.74, 6) is -0.166. The fraction of sp³-hybridized carbons (Fsp3) is 0.526. The molecule has 1 aliphatic carbocycles. The maximum absolute atomic E-state index is 12.9. The molecule has 2 bridgehead atoms. The van der Waals surface area contributed by atoms with Gasteiger partial charge in [0.2, 0.25) is 0 Å². The minimum atomic E-state index is -0.652. The first-order chi connectivity index (χ1) is 12.6. The Hall–Kier alpha value is -1.48. The van der Waals surface area contributed by atoms with Gasteiger partial charge in [-0.1, -0.05) is 40.8 Å². The van der Waals surface area contributed by atoms with Gasteiger partial charge in [-0.15, -0.1) is 0 Å². The molecule has 5 rings (SSSR count). The molecule has 7 heteroatoms. The monoisotopic (exact) mass is 467 g/mol. The number of hydrogen-bond donors (Lipinski definition) is 0. The summed E-state index contributed by atoms with van der Waals surface area (Å²) in [7, 11) is 0. The van der Waals surface area contributed by atoms with Gasteiger partial charge >= 0.3 is 5.97 Å². The van der Waals surface area contributed by atoms with Gasteiger partial charge in [-0.2, -0.15) is 15.0 Å². The minimum absolute atomic E-state index is 0.166. The minimum Gasteiger partial charge on any atom is -0.465 e. The summed E-state index contributed by atoms with van der Waals surface area (Å²) < 4.78 is 12.8. The molecule has 6 nitrogen and oxygen atoms in total. The maximum Gasteiger partial charge on any atom is 0.315 e. The van der Waals surface area contributed by atoms with Crippen LogP contribution in [0.2, 0.25) is 0 Å². The number of fused-ring (bicyclic) bond motifs is 3. The van der Waals surface area contributed by atoms with Crippen molar-refractivity contribution in [3.63, 3.8) is 0 Å². The number of alkyl halides is 1. The Bertz CT molecular complexity index is 784. The Morgan fingerprint density at radius 1 is 1.31 bits per heavy atom. The summed E-state index contributed by atoms with van der Waals surface area (Å²) in [4.78, 5) is 14.5. The molecule has 26 heavy (non-hydrogen) atoms. The van der Waals surface area contributed by atoms with Crippen LogP contribution in [0.1, 0.15) is 44.4 Å². The van der Waals surface area contributed by atoms with Crippen molar-refractivity contribution in [2.75, 3.05) is 11.0 Å². The lowest BCUT2D eigenvalue weighted by molar-refractivity contribution is -0.236. The van der Waals surface area contributed by atoms with Crippen molar-refractivity contribution >= 4 is 28.6 Å². The zero-order valence-electron chi connectivity index (χ0n) is 14.7. The second-order valence-electron chi connectivity index (χ2n) is 7.09. The normalized spacial score (nSPS) is 30.3. The van der Waals surface area contributed by atoms with E-state index in [9.17, 15) is 4.79 Å². The zero-order valence-corrected chi connectivity index (χ0v) is 16.9. The molecule has 138 valence electrons. The Labute approximate surface area is 166 Å². The standard InChI is InChI=1S/C19H22IN3O3/c1-2-25-17(24)19-10-8-18(13-20,9-11-19)26-16(19)15-12-21-23(22-15)14-6-4-3-5-7-14/h3-7,12,16H,2,8-11,13H2,1H3. The van der Waals surface area contributed by atoms with E-state index in [0.29, 0.717) is 12.3 Å². The van der Waals surface area contributed by atoms with Gasteiger partial charge in [-0.3, -0.25) is 4.79 Å². The number of carbonyl (C=O) groups excluding carboxylic acids is 1. The number of nitrogens with zero attached hydrogens (tertiary/aromatic N) is 3. The molecule has 1 aromatic carbocycles. The summed E-state index contributed by atoms with van der Waals surface area (Å²) in [6, 6.07) is 9.75. The SMILES string of the molecule is CCOC(=O)C12CCC(CI)(CC1)OC2c1cnn(-c2ccccc2)n1. The smallest absolute Gasteiger partial charge is 0.315 e. The lowest BCUT2D eigenvalue weighted by Gasteiger charge is -2.55. The fourth-order valence-corrected chi connectivity index (χ4v) is 5.01. The van der Waals surface area contributed by atoms with Crippen LogP contribution < -0.4 is 0 Å². The van der Waals surface area contributed by atoms with Crippen molar-refractivity contribution in [1.82, 2.24) is 15.0 Å². The molecule has 1 aromatic heterocycles. The topological polar surface area (TPSA) is 66.2 Å². The van der Waals surface area contributed by atoms with Gasteiger partial charge in [0.1, 0.15) is 17.2 Å². The van der Waals surface area contributed by atoms with Crippen LogP contribution in [0, 0.1) is 5.41 Å². The fourth-order valence-electron chi connectivity index (χ4n) is 4.07. The number of hydrogen-bond acceptors (Lipinski definition) is 5. The first-order valence-corrected chi connectivity index (χ1v) is 10.5. The molecule has 1 unspecified atom stereocenters. The molecule has 3 heterocycles. The van der Waals surface area contributed by atoms with Gasteiger partial charge in [-0.05, 0) is 44.7 Å². The van der Waals surface area contributed by atoms with Crippen molar-refractivity contribution in [1.29, 1.82) is 0 Å². The van der Waals surface area contributed by atoms with E-state index in [1.165, 1.54) is 0 Å². The third kappa shape index (κ3) is 2.85. The van der Waals surface area contributed by atoms with Crippen molar-refractivity contribution in [3.05, 3.63) is 42.2 Å². The highest BCUT2D eigenvalue weighted by Crippen LogP contribution is 2.59. The number of aromatic nitrogens is 3. The molecule has 3 aliphatic rings. The van der Waals surface area contributed by atoms with E-state index in [1.54, 1.807) is 11.0 Å². The predicted octanol–water partition coefficient (Wildman–Crippen LogP) is 3.64. The van der Waals surface area contributed by atoms with Crippen molar-refractivity contribution in [3.8, 4) is 5.69 Å². The van der Waals surface area contributed by atoms with E-state index in [-0.39, 0.29) is 11.6 Å². The number of benzene rings is 1. The molecular weight excluding hydrogens is 445 g/mol. The van der Waals surface area contributed by atoms with Crippen LogP contribution >= 0.6 is 22.6 Å². The van der Waals surface area contributed by atoms with Crippen molar-refractivity contribution in [2.45, 2.75) is 44.3 Å². The van der Waals surface area contributed by atoms with Gasteiger partial charge in [-0.25, -0.2) is 0 Å². The number of carbonyl (C=O) groups is 1. The number of ether oxygens (including phenoxy) is 2. The van der Waals surface area contributed by atoms with Crippen LogP contribution in [-0.4, -0.2) is 37.6 Å². The second-order valence-corrected chi connectivity index (χ2v) is 7.85. The molecule has 3 fully saturated rings. The summed E-state index contributed by atoms with van der Waals surface area (Å²) in [5, 5.41) is 9.05. The van der Waals surface area contributed by atoms with Crippen LogP contribution in [0.15, 0.2) is 36.5 Å². The summed E-state index contributed by atoms with van der Waals surface area (Å²) >= 11 is 2.38. The Kier molecular flexibility index (Phi) is 4.77. The molecule has 2 aliphatic heterocycles. The van der Waals surface area contributed by atoms with Gasteiger partial charge in [0.25, 0.3) is 0 Å². The average Bonchev–Trinajstić information content (AvgIpc) is 3.20. The first-order valence-electron chi connectivity index (χ1n) is 9.01. The van der Waals surface area contributed by atoms with E-state index in [1.807, 2.05) is 37.3 Å². The van der Waals surface area contributed by atoms with Crippen LogP contribution in [0.5, 0.6) is 0 Å². The third-order valence-electron chi connectivity index (χ3n) is 5.61. The summed E-state index contributed by atoms with van der Waals surface area (Å²) in [6.07, 6.45) is 4.64. The van der Waals surface area contributed by atoms with E-state index in [0.717, 1.165) is 35.8 Å². The van der Waals surface area contributed by atoms with E-state index >= 15 is 0 Å². The molecule has 1 atom stereocenters. The predicted molar refractivity (Wildman–Crippen MR) is 104 cm³/mol. The van der Waals surface area contributed by atoms with Crippen LogP contribution in [0.4, 0.5) is 0 Å². The Morgan fingerprint density at radius 2 is 2.04 bits per heavy atom. The molecule has 0 N–H and O–H groups in total. The number of halogens is 1. The van der Waals surface area contributed by atoms with Crippen molar-refractivity contribution in [2.24, 2.45) is 5.41 Å². The molecule has 0 amide bonds. The summed E-state index contributed by atoms with van der Waals surface area (Å²) in [6.45, 7) is 2.22. The number of esters is 1. The highest BCUT2D eigenvalue weighted by Gasteiger charge is 2.61. The highest BCUT2D eigenvalue weighted by molar-refractivity contribution is 14.1. The molecule has 0 radical (unpaired) electrons. The summed E-state index contributed by atoms with van der Waals surface area (Å²) in [5.41, 5.74) is 0.765. The van der Waals surface area contributed by atoms with Gasteiger partial charge < -0.3 is 9.47 Å². The third-order valence-corrected chi connectivity index (χ3v) is 7.00. The van der Waals surface area contributed by atoms with Gasteiger partial charge in [0.15, 0.2) is 0 Å².